The van der Waals surface area contributed by atoms with Gasteiger partial charge in [-0.15, -0.1) is 0 Å². The Morgan fingerprint density at radius 2 is 2.27 bits per heavy atom. The van der Waals surface area contributed by atoms with Crippen molar-refractivity contribution in [3.8, 4) is 23.3 Å². The van der Waals surface area contributed by atoms with Crippen molar-refractivity contribution >= 4 is 0 Å². The van der Waals surface area contributed by atoms with Crippen molar-refractivity contribution in [2.75, 3.05) is 13.9 Å². The lowest BCUT2D eigenvalue weighted by atomic mass is 10.0. The van der Waals surface area contributed by atoms with Gasteiger partial charge in [-0.3, -0.25) is 0 Å². The molecule has 0 fully saturated rings. The zero-order valence-electron chi connectivity index (χ0n) is 8.61. The van der Waals surface area contributed by atoms with E-state index in [2.05, 4.69) is 6.07 Å². The van der Waals surface area contributed by atoms with Gasteiger partial charge in [-0.25, -0.2) is 0 Å². The fourth-order valence-corrected chi connectivity index (χ4v) is 1.47. The summed E-state index contributed by atoms with van der Waals surface area (Å²) in [5.74, 6) is 1.69. The van der Waals surface area contributed by atoms with Gasteiger partial charge in [-0.2, -0.15) is 5.26 Å². The smallest absolute Gasteiger partial charge is 0.231 e. The van der Waals surface area contributed by atoms with E-state index in [1.807, 2.05) is 13.0 Å². The molecule has 1 unspecified atom stereocenters. The minimum Gasteiger partial charge on any atom is -0.493 e. The first-order valence-corrected chi connectivity index (χ1v) is 4.63. The summed E-state index contributed by atoms with van der Waals surface area (Å²) < 4.78 is 15.7. The molecule has 0 bridgehead atoms. The molecule has 1 heterocycles. The Bertz CT molecular complexity index is 423. The lowest BCUT2D eigenvalue weighted by Crippen LogP contribution is -1.94. The molecule has 4 nitrogen and oxygen atoms in total. The molecule has 1 aromatic carbocycles. The quantitative estimate of drug-likeness (QED) is 0.741. The maximum Gasteiger partial charge on any atom is 0.231 e. The van der Waals surface area contributed by atoms with E-state index in [0.717, 1.165) is 5.56 Å². The van der Waals surface area contributed by atoms with Crippen molar-refractivity contribution in [2.45, 2.75) is 12.8 Å². The molecular weight excluding hydrogens is 194 g/mol. The predicted octanol–water partition coefficient (Wildman–Crippen LogP) is 2.05. The zero-order valence-corrected chi connectivity index (χ0v) is 8.61. The number of rotatable bonds is 2. The van der Waals surface area contributed by atoms with Gasteiger partial charge in [0.05, 0.1) is 19.1 Å². The topological polar surface area (TPSA) is 51.5 Å². The average Bonchev–Trinajstić information content (AvgIpc) is 2.74. The van der Waals surface area contributed by atoms with Crippen LogP contribution in [-0.2, 0) is 0 Å². The Kier molecular flexibility index (Phi) is 2.38. The van der Waals surface area contributed by atoms with Crippen LogP contribution in [0.4, 0.5) is 0 Å². The fraction of sp³-hybridized carbons (Fsp3) is 0.364. The van der Waals surface area contributed by atoms with E-state index in [1.165, 1.54) is 0 Å². The number of hydrogen-bond acceptors (Lipinski definition) is 4. The van der Waals surface area contributed by atoms with Crippen LogP contribution in [0.2, 0.25) is 0 Å². The van der Waals surface area contributed by atoms with Crippen LogP contribution in [0.25, 0.3) is 0 Å². The van der Waals surface area contributed by atoms with E-state index in [9.17, 15) is 0 Å². The third kappa shape index (κ3) is 1.57. The maximum absolute atomic E-state index is 8.84. The molecule has 0 aliphatic carbocycles. The van der Waals surface area contributed by atoms with Crippen LogP contribution in [0.1, 0.15) is 18.4 Å². The number of nitrogens with zero attached hydrogens (tertiary/aromatic N) is 1. The normalized spacial score (nSPS) is 14.5. The summed E-state index contributed by atoms with van der Waals surface area (Å²) in [5.41, 5.74) is 0.874. The van der Waals surface area contributed by atoms with Gasteiger partial charge >= 0.3 is 0 Å². The summed E-state index contributed by atoms with van der Waals surface area (Å²) in [6, 6.07) is 5.80. The molecule has 0 aromatic heterocycles. The van der Waals surface area contributed by atoms with Gasteiger partial charge in [0.15, 0.2) is 11.5 Å². The number of benzene rings is 1. The molecule has 1 aliphatic rings. The maximum atomic E-state index is 8.84. The van der Waals surface area contributed by atoms with Gasteiger partial charge in [-0.1, -0.05) is 0 Å². The van der Waals surface area contributed by atoms with Crippen molar-refractivity contribution in [3.05, 3.63) is 17.7 Å². The second kappa shape index (κ2) is 3.70. The van der Waals surface area contributed by atoms with E-state index >= 15 is 0 Å². The molecule has 1 aromatic rings. The molecule has 0 amide bonds. The number of ether oxygens (including phenoxy) is 3. The standard InChI is InChI=1S/C11H11NO3/c1-7(5-12)8-3-9(13-2)11-10(4-8)14-6-15-11/h3-4,7H,6H2,1-2H3. The van der Waals surface area contributed by atoms with E-state index in [4.69, 9.17) is 19.5 Å². The van der Waals surface area contributed by atoms with Gasteiger partial charge in [0.25, 0.3) is 0 Å². The van der Waals surface area contributed by atoms with Crippen LogP contribution in [0.3, 0.4) is 0 Å². The third-order valence-electron chi connectivity index (χ3n) is 2.37. The minimum atomic E-state index is -0.187. The van der Waals surface area contributed by atoms with Crippen molar-refractivity contribution in [1.29, 1.82) is 5.26 Å². The highest BCUT2D eigenvalue weighted by Gasteiger charge is 2.21. The van der Waals surface area contributed by atoms with E-state index in [1.54, 1.807) is 13.2 Å². The molecule has 1 atom stereocenters. The summed E-state index contributed by atoms with van der Waals surface area (Å²) >= 11 is 0. The van der Waals surface area contributed by atoms with Gasteiger partial charge in [0.2, 0.25) is 12.5 Å². The molecule has 1 aliphatic heterocycles. The fourth-order valence-electron chi connectivity index (χ4n) is 1.47. The second-order valence-electron chi connectivity index (χ2n) is 3.31. The highest BCUT2D eigenvalue weighted by molar-refractivity contribution is 5.56. The summed E-state index contributed by atoms with van der Waals surface area (Å²) in [5, 5.41) is 8.84. The minimum absolute atomic E-state index is 0.187. The zero-order chi connectivity index (χ0) is 10.8. The summed E-state index contributed by atoms with van der Waals surface area (Å²) in [7, 11) is 1.57. The van der Waals surface area contributed by atoms with Crippen LogP contribution >= 0.6 is 0 Å². The molecule has 15 heavy (non-hydrogen) atoms. The number of methoxy groups -OCH3 is 1. The van der Waals surface area contributed by atoms with Crippen LogP contribution in [0, 0.1) is 11.3 Å². The third-order valence-corrected chi connectivity index (χ3v) is 2.37. The molecule has 78 valence electrons. The molecule has 2 rings (SSSR count). The Morgan fingerprint density at radius 1 is 1.47 bits per heavy atom. The largest absolute Gasteiger partial charge is 0.493 e. The van der Waals surface area contributed by atoms with Crippen molar-refractivity contribution in [2.24, 2.45) is 0 Å². The van der Waals surface area contributed by atoms with E-state index in [-0.39, 0.29) is 12.7 Å². The predicted molar refractivity (Wildman–Crippen MR) is 53.1 cm³/mol. The Morgan fingerprint density at radius 3 is 2.93 bits per heavy atom. The summed E-state index contributed by atoms with van der Waals surface area (Å²) in [4.78, 5) is 0. The van der Waals surface area contributed by atoms with Crippen LogP contribution in [0.15, 0.2) is 12.1 Å². The summed E-state index contributed by atoms with van der Waals surface area (Å²) in [6.45, 7) is 2.03. The van der Waals surface area contributed by atoms with Crippen LogP contribution in [-0.4, -0.2) is 13.9 Å². The first kappa shape index (κ1) is 9.66. The number of hydrogen-bond donors (Lipinski definition) is 0. The van der Waals surface area contributed by atoms with Gasteiger partial charge in [-0.05, 0) is 24.6 Å². The first-order chi connectivity index (χ1) is 7.26. The highest BCUT2D eigenvalue weighted by Crippen LogP contribution is 2.43. The van der Waals surface area contributed by atoms with Crippen molar-refractivity contribution < 1.29 is 14.2 Å². The molecule has 0 saturated carbocycles. The highest BCUT2D eigenvalue weighted by atomic mass is 16.7. The molecule has 4 heteroatoms. The average molecular weight is 205 g/mol. The Labute approximate surface area is 88.0 Å². The van der Waals surface area contributed by atoms with E-state index < -0.39 is 0 Å². The van der Waals surface area contributed by atoms with Gasteiger partial charge < -0.3 is 14.2 Å². The number of fused-ring (bicyclic) bond motifs is 1. The Hall–Kier alpha value is -1.89. The monoisotopic (exact) mass is 205 g/mol. The van der Waals surface area contributed by atoms with Crippen molar-refractivity contribution in [3.63, 3.8) is 0 Å². The van der Waals surface area contributed by atoms with Crippen molar-refractivity contribution in [1.82, 2.24) is 0 Å². The van der Waals surface area contributed by atoms with Crippen LogP contribution in [0.5, 0.6) is 17.2 Å². The van der Waals surface area contributed by atoms with Gasteiger partial charge in [0.1, 0.15) is 0 Å². The summed E-state index contributed by atoms with van der Waals surface area (Å²) in [6.07, 6.45) is 0. The Balaban J connectivity index is 2.49. The van der Waals surface area contributed by atoms with Crippen LogP contribution < -0.4 is 14.2 Å². The molecule has 0 saturated heterocycles. The lowest BCUT2D eigenvalue weighted by Gasteiger charge is -2.08. The van der Waals surface area contributed by atoms with E-state index in [0.29, 0.717) is 17.2 Å². The molecule has 0 spiro atoms. The first-order valence-electron chi connectivity index (χ1n) is 4.63. The molecular formula is C11H11NO3. The van der Waals surface area contributed by atoms with Gasteiger partial charge in [0, 0.05) is 0 Å². The molecule has 0 radical (unpaired) electrons. The lowest BCUT2D eigenvalue weighted by molar-refractivity contribution is 0.171. The second-order valence-corrected chi connectivity index (χ2v) is 3.31. The molecule has 0 N–H and O–H groups in total. The number of nitriles is 1. The SMILES string of the molecule is COc1cc(C(C)C#N)cc2c1OCO2.